The van der Waals surface area contributed by atoms with Crippen molar-refractivity contribution in [2.75, 3.05) is 14.1 Å². The number of benzene rings is 1. The summed E-state index contributed by atoms with van der Waals surface area (Å²) in [4.78, 5) is 40.1. The van der Waals surface area contributed by atoms with Crippen LogP contribution in [0.1, 0.15) is 41.6 Å². The van der Waals surface area contributed by atoms with Crippen molar-refractivity contribution in [3.8, 4) is 5.75 Å². The van der Waals surface area contributed by atoms with Gasteiger partial charge in [-0.1, -0.05) is 13.0 Å². The van der Waals surface area contributed by atoms with Gasteiger partial charge in [0.05, 0.1) is 11.1 Å². The topological polar surface area (TPSA) is 141 Å². The van der Waals surface area contributed by atoms with E-state index in [1.54, 1.807) is 25.9 Å². The fourth-order valence-corrected chi connectivity index (χ4v) is 5.70. The molecule has 5 N–H and O–H groups in total. The molecule has 8 nitrogen and oxygen atoms in total. The fourth-order valence-electron chi connectivity index (χ4n) is 5.70. The number of nitrogens with two attached hydrogens (primary N) is 1. The van der Waals surface area contributed by atoms with E-state index in [-0.39, 0.29) is 23.1 Å². The number of phenols is 1. The molecule has 0 saturated carbocycles. The predicted octanol–water partition coefficient (Wildman–Crippen LogP) is 1.33. The van der Waals surface area contributed by atoms with E-state index in [2.05, 4.69) is 0 Å². The second-order valence-electron chi connectivity index (χ2n) is 8.90. The number of aliphatic hydroxyl groups is 2. The Morgan fingerprint density at radius 2 is 1.94 bits per heavy atom. The zero-order chi connectivity index (χ0) is 23.7. The molecule has 0 spiro atoms. The first-order valence-electron chi connectivity index (χ1n) is 10.4. The Morgan fingerprint density at radius 1 is 1.28 bits per heavy atom. The average molecular weight is 444 g/mol. The van der Waals surface area contributed by atoms with Crippen molar-refractivity contribution < 1.29 is 34.1 Å². The number of aliphatic hydroxyl groups excluding tert-OH is 1. The number of Topliss-reactive ketones (excluding diaryl/α,β-unsaturated/α-hetero) is 2. The van der Waals surface area contributed by atoms with Crippen LogP contribution in [0.5, 0.6) is 5.75 Å². The number of phenolic OH excluding ortho intramolecular Hbond substituents is 1. The van der Waals surface area contributed by atoms with Crippen LogP contribution >= 0.6 is 0 Å². The SMILES string of the molecule is CC[C@H]1c2c(F)ccc(O)c2C(=O)C2=C(O)[C@]3(O)C(=O)C(C(N)=O)=C[C@@H](N(C)C)[C@@H]3C[C@@H]21. The fraction of sp³-hybridized carbons (Fsp3) is 0.435. The van der Waals surface area contributed by atoms with E-state index in [1.807, 2.05) is 0 Å². The molecule has 0 bridgehead atoms. The summed E-state index contributed by atoms with van der Waals surface area (Å²) in [5.41, 5.74) is 1.90. The van der Waals surface area contributed by atoms with Crippen LogP contribution in [0.4, 0.5) is 4.39 Å². The number of likely N-dealkylation sites (N-methyl/N-ethyl adjacent to an activating group) is 1. The minimum absolute atomic E-state index is 0.0707. The first-order valence-corrected chi connectivity index (χ1v) is 10.4. The molecular formula is C23H25FN2O6. The number of nitrogens with zero attached hydrogens (tertiary/aromatic N) is 1. The van der Waals surface area contributed by atoms with E-state index in [4.69, 9.17) is 5.73 Å². The van der Waals surface area contributed by atoms with Crippen molar-refractivity contribution in [1.82, 2.24) is 4.90 Å². The second kappa shape index (κ2) is 7.25. The van der Waals surface area contributed by atoms with Gasteiger partial charge in [0.1, 0.15) is 17.3 Å². The molecule has 1 amide bonds. The molecule has 4 rings (SSSR count). The summed E-state index contributed by atoms with van der Waals surface area (Å²) in [6.45, 7) is 1.80. The summed E-state index contributed by atoms with van der Waals surface area (Å²) >= 11 is 0. The van der Waals surface area contributed by atoms with Crippen LogP contribution in [-0.2, 0) is 9.59 Å². The lowest BCUT2D eigenvalue weighted by Gasteiger charge is -2.51. The average Bonchev–Trinajstić information content (AvgIpc) is 2.72. The van der Waals surface area contributed by atoms with Gasteiger partial charge in [-0.15, -0.1) is 0 Å². The number of hydrogen-bond acceptors (Lipinski definition) is 7. The molecule has 170 valence electrons. The molecule has 0 radical (unpaired) electrons. The summed E-state index contributed by atoms with van der Waals surface area (Å²) in [5, 5.41) is 33.1. The lowest BCUT2D eigenvalue weighted by molar-refractivity contribution is -0.146. The number of allylic oxidation sites excluding steroid dienone is 1. The smallest absolute Gasteiger partial charge is 0.252 e. The summed E-state index contributed by atoms with van der Waals surface area (Å²) in [5.74, 6) is -7.11. The Kier molecular flexibility index (Phi) is 5.02. The Balaban J connectivity index is 2.01. The molecule has 0 heterocycles. The van der Waals surface area contributed by atoms with Gasteiger partial charge in [-0.05, 0) is 50.9 Å². The highest BCUT2D eigenvalue weighted by molar-refractivity contribution is 6.24. The van der Waals surface area contributed by atoms with Gasteiger partial charge in [0.15, 0.2) is 11.4 Å². The number of amides is 1. The maximum Gasteiger partial charge on any atom is 0.252 e. The van der Waals surface area contributed by atoms with Crippen molar-refractivity contribution in [1.29, 1.82) is 0 Å². The summed E-state index contributed by atoms with van der Waals surface area (Å²) in [6, 6.07) is 1.48. The van der Waals surface area contributed by atoms with Crippen molar-refractivity contribution in [2.45, 2.75) is 37.3 Å². The van der Waals surface area contributed by atoms with Crippen molar-refractivity contribution in [2.24, 2.45) is 17.6 Å². The number of rotatable bonds is 3. The normalized spacial score (nSPS) is 31.8. The molecule has 1 aromatic rings. The van der Waals surface area contributed by atoms with Crippen molar-refractivity contribution in [3.63, 3.8) is 0 Å². The summed E-state index contributed by atoms with van der Waals surface area (Å²) < 4.78 is 14.8. The van der Waals surface area contributed by atoms with E-state index in [0.717, 1.165) is 12.1 Å². The van der Waals surface area contributed by atoms with E-state index < -0.39 is 69.8 Å². The summed E-state index contributed by atoms with van der Waals surface area (Å²) in [6.07, 6.45) is 1.83. The zero-order valence-electron chi connectivity index (χ0n) is 17.9. The number of carbonyl (C=O) groups is 3. The maximum atomic E-state index is 14.8. The Labute approximate surface area is 183 Å². The molecule has 3 aliphatic carbocycles. The van der Waals surface area contributed by atoms with Crippen LogP contribution in [0, 0.1) is 17.7 Å². The van der Waals surface area contributed by atoms with Crippen LogP contribution in [0.25, 0.3) is 0 Å². The van der Waals surface area contributed by atoms with Gasteiger partial charge >= 0.3 is 0 Å². The molecule has 0 aromatic heterocycles. The molecule has 0 unspecified atom stereocenters. The third-order valence-electron chi connectivity index (χ3n) is 7.17. The molecule has 9 heteroatoms. The van der Waals surface area contributed by atoms with Crippen LogP contribution < -0.4 is 5.73 Å². The Hall–Kier alpha value is -3.04. The van der Waals surface area contributed by atoms with Gasteiger partial charge in [0.2, 0.25) is 5.78 Å². The van der Waals surface area contributed by atoms with Crippen LogP contribution in [0.2, 0.25) is 0 Å². The van der Waals surface area contributed by atoms with Crippen molar-refractivity contribution >= 4 is 17.5 Å². The van der Waals surface area contributed by atoms with Crippen LogP contribution in [0.3, 0.4) is 0 Å². The number of ketones is 2. The third-order valence-corrected chi connectivity index (χ3v) is 7.17. The maximum absolute atomic E-state index is 14.8. The van der Waals surface area contributed by atoms with E-state index in [9.17, 15) is 34.1 Å². The first kappa shape index (κ1) is 22.2. The number of aromatic hydroxyl groups is 1. The molecule has 32 heavy (non-hydrogen) atoms. The highest BCUT2D eigenvalue weighted by atomic mass is 19.1. The number of fused-ring (bicyclic) bond motifs is 3. The molecule has 1 aromatic carbocycles. The van der Waals surface area contributed by atoms with Gasteiger partial charge in [-0.2, -0.15) is 0 Å². The largest absolute Gasteiger partial charge is 0.508 e. The van der Waals surface area contributed by atoms with Gasteiger partial charge < -0.3 is 26.0 Å². The number of hydrogen-bond donors (Lipinski definition) is 4. The molecule has 0 fully saturated rings. The first-order chi connectivity index (χ1) is 15.0. The highest BCUT2D eigenvalue weighted by Crippen LogP contribution is 2.55. The second-order valence-corrected chi connectivity index (χ2v) is 8.90. The lowest BCUT2D eigenvalue weighted by Crippen LogP contribution is -2.62. The van der Waals surface area contributed by atoms with Gasteiger partial charge in [-0.25, -0.2) is 4.39 Å². The molecule has 3 aliphatic rings. The van der Waals surface area contributed by atoms with E-state index >= 15 is 0 Å². The van der Waals surface area contributed by atoms with Gasteiger partial charge in [0.25, 0.3) is 5.91 Å². The van der Waals surface area contributed by atoms with Crippen LogP contribution in [0.15, 0.2) is 35.1 Å². The quantitative estimate of drug-likeness (QED) is 0.515. The lowest BCUT2D eigenvalue weighted by atomic mass is 9.56. The number of halogens is 1. The number of carbonyl (C=O) groups excluding carboxylic acids is 3. The summed E-state index contributed by atoms with van der Waals surface area (Å²) in [7, 11) is 3.37. The Morgan fingerprint density at radius 3 is 2.50 bits per heavy atom. The minimum Gasteiger partial charge on any atom is -0.508 e. The van der Waals surface area contributed by atoms with Crippen molar-refractivity contribution in [3.05, 3.63) is 52.1 Å². The highest BCUT2D eigenvalue weighted by Gasteiger charge is 2.62. The monoisotopic (exact) mass is 444 g/mol. The molecule has 0 saturated heterocycles. The van der Waals surface area contributed by atoms with Gasteiger partial charge in [-0.3, -0.25) is 14.4 Å². The third kappa shape index (κ3) is 2.70. The van der Waals surface area contributed by atoms with Crippen LogP contribution in [-0.4, -0.2) is 63.4 Å². The number of primary amides is 1. The van der Waals surface area contributed by atoms with E-state index in [0.29, 0.717) is 6.42 Å². The van der Waals surface area contributed by atoms with Gasteiger partial charge in [0, 0.05) is 23.1 Å². The molecular weight excluding hydrogens is 419 g/mol. The molecule has 5 atom stereocenters. The zero-order valence-corrected chi connectivity index (χ0v) is 17.9. The molecule has 0 aliphatic heterocycles. The van der Waals surface area contributed by atoms with E-state index in [1.165, 1.54) is 6.08 Å². The standard InChI is InChI=1S/C23H25FN2O6/c1-4-9-10-7-12-14(26(2)3)8-11(22(25)31)20(29)23(12,32)21(30)17(10)19(28)18-15(27)6-5-13(24)16(9)18/h5-6,8-10,12,14,27,30,32H,4,7H2,1-3H3,(H2,25,31)/t9-,10-,12+,14-,23-/m1/s1. The Bertz CT molecular complexity index is 1120. The minimum atomic E-state index is -2.55. The predicted molar refractivity (Wildman–Crippen MR) is 111 cm³/mol.